The standard InChI is InChI=1S/C17H16N6O5S3/c1-7-19-8(5-30-7)4-28-22-11(9-6-31-17(18)20-9)13(24)21-12-14(25)23-10(16(26)27)2-3-29-15(12)23/h2,5-6,12,15H,3-4H2,1H3,(H2,18,20)(H,21,24)(H,26,27)/b22-11+/t12?,15-/m1/s1. The maximum absolute atomic E-state index is 12.9. The number of carbonyl (C=O) groups excluding carboxylic acids is 2. The zero-order valence-corrected chi connectivity index (χ0v) is 18.4. The summed E-state index contributed by atoms with van der Waals surface area (Å²) in [5, 5.41) is 19.8. The Morgan fingerprint density at radius 2 is 2.19 bits per heavy atom. The fraction of sp³-hybridized carbons (Fsp3) is 0.294. The zero-order chi connectivity index (χ0) is 22.1. The Kier molecular flexibility index (Phi) is 5.93. The molecule has 1 unspecified atom stereocenters. The highest BCUT2D eigenvalue weighted by Gasteiger charge is 2.53. The van der Waals surface area contributed by atoms with E-state index in [2.05, 4.69) is 20.4 Å². The van der Waals surface area contributed by atoms with Crippen LogP contribution in [0.1, 0.15) is 16.4 Å². The molecule has 0 bridgehead atoms. The molecule has 0 aliphatic carbocycles. The number of β-lactam (4-membered cyclic amide) rings is 1. The highest BCUT2D eigenvalue weighted by Crippen LogP contribution is 2.37. The molecule has 0 aromatic carbocycles. The minimum atomic E-state index is -1.19. The normalized spacial score (nSPS) is 20.5. The smallest absolute Gasteiger partial charge is 0.352 e. The maximum Gasteiger partial charge on any atom is 0.352 e. The first-order valence-electron chi connectivity index (χ1n) is 8.86. The van der Waals surface area contributed by atoms with E-state index in [-0.39, 0.29) is 28.8 Å². The van der Waals surface area contributed by atoms with Gasteiger partial charge in [-0.25, -0.2) is 14.8 Å². The van der Waals surface area contributed by atoms with E-state index in [1.54, 1.807) is 5.38 Å². The van der Waals surface area contributed by atoms with Gasteiger partial charge < -0.3 is 21.0 Å². The lowest BCUT2D eigenvalue weighted by Crippen LogP contribution is -2.70. The summed E-state index contributed by atoms with van der Waals surface area (Å²) in [4.78, 5) is 51.5. The quantitative estimate of drug-likeness (QED) is 0.295. The number of carboxylic acids is 1. The number of hydrogen-bond donors (Lipinski definition) is 3. The summed E-state index contributed by atoms with van der Waals surface area (Å²) in [6.07, 6.45) is 1.47. The minimum Gasteiger partial charge on any atom is -0.477 e. The van der Waals surface area contributed by atoms with Crippen LogP contribution < -0.4 is 11.1 Å². The second-order valence-corrected chi connectivity index (χ2v) is 9.52. The molecule has 0 spiro atoms. The van der Waals surface area contributed by atoms with Crippen molar-refractivity contribution >= 4 is 63.1 Å². The Hall–Kier alpha value is -2.97. The number of fused-ring (bicyclic) bond motifs is 1. The molecule has 14 heteroatoms. The van der Waals surface area contributed by atoms with E-state index in [1.807, 2.05) is 12.3 Å². The largest absolute Gasteiger partial charge is 0.477 e. The van der Waals surface area contributed by atoms with Gasteiger partial charge in [0, 0.05) is 16.5 Å². The minimum absolute atomic E-state index is 0.0577. The number of thiazole rings is 2. The Balaban J connectivity index is 1.49. The fourth-order valence-corrected chi connectivity index (χ4v) is 5.33. The molecule has 2 atom stereocenters. The molecule has 2 aliphatic rings. The highest BCUT2D eigenvalue weighted by molar-refractivity contribution is 8.00. The molecule has 2 aliphatic heterocycles. The van der Waals surface area contributed by atoms with Crippen LogP contribution in [-0.4, -0.2) is 60.6 Å². The number of rotatable bonds is 7. The second-order valence-electron chi connectivity index (χ2n) is 6.42. The van der Waals surface area contributed by atoms with E-state index in [0.717, 1.165) is 16.3 Å². The molecular weight excluding hydrogens is 464 g/mol. The Morgan fingerprint density at radius 3 is 2.84 bits per heavy atom. The Morgan fingerprint density at radius 1 is 1.39 bits per heavy atom. The number of aromatic nitrogens is 2. The number of nitrogens with one attached hydrogen (secondary N) is 1. The number of carboxylic acid groups (broad SMARTS) is 1. The van der Waals surface area contributed by atoms with Crippen molar-refractivity contribution in [3.8, 4) is 0 Å². The molecule has 2 aromatic heterocycles. The molecule has 0 saturated carbocycles. The van der Waals surface area contributed by atoms with Crippen molar-refractivity contribution in [2.75, 3.05) is 11.5 Å². The van der Waals surface area contributed by atoms with Crippen molar-refractivity contribution in [1.29, 1.82) is 0 Å². The van der Waals surface area contributed by atoms with Crippen LogP contribution in [0.2, 0.25) is 0 Å². The van der Waals surface area contributed by atoms with E-state index < -0.39 is 29.2 Å². The summed E-state index contributed by atoms with van der Waals surface area (Å²) >= 11 is 3.95. The average Bonchev–Trinajstić information content (AvgIpc) is 3.36. The van der Waals surface area contributed by atoms with Gasteiger partial charge >= 0.3 is 5.97 Å². The molecule has 1 saturated heterocycles. The third kappa shape index (κ3) is 4.26. The number of thioether (sulfide) groups is 1. The summed E-state index contributed by atoms with van der Waals surface area (Å²) in [5.74, 6) is -1.95. The summed E-state index contributed by atoms with van der Waals surface area (Å²) in [7, 11) is 0. The van der Waals surface area contributed by atoms with Gasteiger partial charge in [-0.05, 0) is 13.0 Å². The van der Waals surface area contributed by atoms with Crippen LogP contribution in [-0.2, 0) is 25.8 Å². The molecule has 1 fully saturated rings. The van der Waals surface area contributed by atoms with Crippen LogP contribution in [0.5, 0.6) is 0 Å². The van der Waals surface area contributed by atoms with Crippen LogP contribution in [0, 0.1) is 6.92 Å². The first-order valence-corrected chi connectivity index (χ1v) is 11.7. The monoisotopic (exact) mass is 480 g/mol. The van der Waals surface area contributed by atoms with Crippen molar-refractivity contribution in [2.45, 2.75) is 24.9 Å². The van der Waals surface area contributed by atoms with E-state index in [9.17, 15) is 19.5 Å². The summed E-state index contributed by atoms with van der Waals surface area (Å²) in [5.41, 5.74) is 6.33. The van der Waals surface area contributed by atoms with Crippen LogP contribution in [0.4, 0.5) is 5.13 Å². The van der Waals surface area contributed by atoms with Crippen molar-refractivity contribution in [1.82, 2.24) is 20.2 Å². The first-order chi connectivity index (χ1) is 14.8. The summed E-state index contributed by atoms with van der Waals surface area (Å²) in [6, 6.07) is -0.886. The van der Waals surface area contributed by atoms with Crippen molar-refractivity contribution in [3.05, 3.63) is 38.9 Å². The van der Waals surface area contributed by atoms with Gasteiger partial charge in [-0.3, -0.25) is 14.5 Å². The van der Waals surface area contributed by atoms with Gasteiger partial charge in [-0.2, -0.15) is 0 Å². The third-order valence-electron chi connectivity index (χ3n) is 4.37. The van der Waals surface area contributed by atoms with Crippen LogP contribution in [0.25, 0.3) is 0 Å². The van der Waals surface area contributed by atoms with Crippen molar-refractivity contribution < 1.29 is 24.3 Å². The number of nitrogens with two attached hydrogens (primary N) is 1. The molecule has 4 heterocycles. The van der Waals surface area contributed by atoms with Gasteiger partial charge in [-0.1, -0.05) is 5.16 Å². The van der Waals surface area contributed by atoms with Gasteiger partial charge in [0.15, 0.2) is 17.5 Å². The van der Waals surface area contributed by atoms with Gasteiger partial charge in [0.25, 0.3) is 11.8 Å². The number of anilines is 1. The molecule has 162 valence electrons. The molecule has 2 amide bonds. The van der Waals surface area contributed by atoms with E-state index >= 15 is 0 Å². The number of nitrogens with zero attached hydrogens (tertiary/aromatic N) is 4. The number of amides is 2. The van der Waals surface area contributed by atoms with Crippen molar-refractivity contribution in [3.63, 3.8) is 0 Å². The average molecular weight is 481 g/mol. The molecule has 31 heavy (non-hydrogen) atoms. The summed E-state index contributed by atoms with van der Waals surface area (Å²) in [6.45, 7) is 1.92. The lowest BCUT2D eigenvalue weighted by molar-refractivity contribution is -0.150. The highest BCUT2D eigenvalue weighted by atomic mass is 32.2. The lowest BCUT2D eigenvalue weighted by atomic mass is 10.0. The third-order valence-corrected chi connectivity index (χ3v) is 7.05. The number of nitrogen functional groups attached to an aromatic ring is 1. The van der Waals surface area contributed by atoms with Gasteiger partial charge in [-0.15, -0.1) is 34.4 Å². The van der Waals surface area contributed by atoms with E-state index in [4.69, 9.17) is 10.6 Å². The topological polar surface area (TPSA) is 160 Å². The van der Waals surface area contributed by atoms with E-state index in [1.165, 1.54) is 34.1 Å². The first kappa shape index (κ1) is 21.3. The maximum atomic E-state index is 12.9. The Labute approximate surface area is 188 Å². The molecule has 2 aromatic rings. The number of carbonyl (C=O) groups is 3. The lowest BCUT2D eigenvalue weighted by Gasteiger charge is -2.48. The predicted molar refractivity (Wildman–Crippen MR) is 115 cm³/mol. The molecule has 0 radical (unpaired) electrons. The number of aryl methyl sites for hydroxylation is 1. The van der Waals surface area contributed by atoms with Crippen LogP contribution in [0.15, 0.2) is 27.7 Å². The molecular formula is C17H16N6O5S3. The number of hydrogen-bond acceptors (Lipinski definition) is 11. The van der Waals surface area contributed by atoms with Crippen molar-refractivity contribution in [2.24, 2.45) is 5.16 Å². The van der Waals surface area contributed by atoms with Crippen LogP contribution in [0.3, 0.4) is 0 Å². The van der Waals surface area contributed by atoms with Gasteiger partial charge in [0.05, 0.1) is 10.7 Å². The SMILES string of the molecule is Cc1nc(CO/N=C(/C(=O)NC2C(=O)N3C(C(=O)O)=CCS[C@H]23)c2csc(N)n2)cs1. The predicted octanol–water partition coefficient (Wildman–Crippen LogP) is 0.780. The zero-order valence-electron chi connectivity index (χ0n) is 16.0. The number of oxime groups is 1. The molecule has 11 nitrogen and oxygen atoms in total. The van der Waals surface area contributed by atoms with E-state index in [0.29, 0.717) is 11.4 Å². The Bertz CT molecular complexity index is 1110. The molecule has 4 rings (SSSR count). The summed E-state index contributed by atoms with van der Waals surface area (Å²) < 4.78 is 0. The van der Waals surface area contributed by atoms with Crippen LogP contribution >= 0.6 is 34.4 Å². The van der Waals surface area contributed by atoms with Gasteiger partial charge in [0.2, 0.25) is 0 Å². The second kappa shape index (κ2) is 8.64. The number of aliphatic carboxylic acids is 1. The molecule has 4 N–H and O–H groups in total. The van der Waals surface area contributed by atoms with Gasteiger partial charge in [0.1, 0.15) is 22.8 Å². The fourth-order valence-electron chi connectivity index (χ4n) is 2.99.